The third-order valence-electron chi connectivity index (χ3n) is 11.9. The number of aliphatic hydroxyl groups excluding tert-OH is 2. The lowest BCUT2D eigenvalue weighted by molar-refractivity contribution is -0.206. The molecular formula is C36H56O8. The summed E-state index contributed by atoms with van der Waals surface area (Å²) in [5, 5.41) is 34.9. The molecule has 0 saturated heterocycles. The summed E-state index contributed by atoms with van der Waals surface area (Å²) in [6.45, 7) is 14.7. The van der Waals surface area contributed by atoms with Crippen molar-refractivity contribution in [2.75, 3.05) is 6.61 Å². The van der Waals surface area contributed by atoms with Gasteiger partial charge < -0.3 is 24.8 Å². The molecule has 1 spiro atoms. The molecule has 4 rings (SSSR count). The maximum atomic E-state index is 14.8. The van der Waals surface area contributed by atoms with E-state index in [1.54, 1.807) is 26.0 Å². The van der Waals surface area contributed by atoms with Gasteiger partial charge in [0.25, 0.3) is 0 Å². The number of Topliss-reactive ketones (excluding diaryl/α,β-unsaturated/α-hetero) is 1. The van der Waals surface area contributed by atoms with E-state index in [9.17, 15) is 29.7 Å². The quantitative estimate of drug-likeness (QED) is 0.141. The Hall–Kier alpha value is -2.03. The van der Waals surface area contributed by atoms with Crippen molar-refractivity contribution < 1.29 is 39.2 Å². The largest absolute Gasteiger partial charge is 0.458 e. The summed E-state index contributed by atoms with van der Waals surface area (Å²) in [4.78, 5) is 41.3. The Labute approximate surface area is 263 Å². The first-order chi connectivity index (χ1) is 20.6. The predicted octanol–water partition coefficient (Wildman–Crippen LogP) is 5.46. The van der Waals surface area contributed by atoms with Crippen LogP contribution in [-0.2, 0) is 23.9 Å². The fraction of sp³-hybridized carbons (Fsp3) is 0.806. The Kier molecular flexibility index (Phi) is 10.0. The van der Waals surface area contributed by atoms with E-state index in [1.165, 1.54) is 25.7 Å². The van der Waals surface area contributed by atoms with Crippen LogP contribution >= 0.6 is 0 Å². The minimum Gasteiger partial charge on any atom is -0.458 e. The molecule has 8 heteroatoms. The minimum absolute atomic E-state index is 0.0171. The average Bonchev–Trinajstić information content (AvgIpc) is 3.36. The zero-order chi connectivity index (χ0) is 32.8. The van der Waals surface area contributed by atoms with Crippen molar-refractivity contribution in [3.8, 4) is 0 Å². The van der Waals surface area contributed by atoms with E-state index in [4.69, 9.17) is 9.47 Å². The SMILES string of the molecule is CCCCCCCCCC(=O)O[C@@]12C[C@@H](C)[C@]34C=C(C)[C@H](OC(=O)[C@@H](C)C(C)C)[C@@]3(O)[C@H](O)C(CO)=C[C@H](C4=O)[C@@H]1C2(C)C. The van der Waals surface area contributed by atoms with Crippen LogP contribution in [0.5, 0.6) is 0 Å². The molecule has 3 N–H and O–H groups in total. The summed E-state index contributed by atoms with van der Waals surface area (Å²) >= 11 is 0. The van der Waals surface area contributed by atoms with E-state index >= 15 is 0 Å². The minimum atomic E-state index is -2.24. The van der Waals surface area contributed by atoms with Crippen LogP contribution in [0, 0.1) is 40.4 Å². The van der Waals surface area contributed by atoms with Crippen LogP contribution in [0.1, 0.15) is 113 Å². The molecule has 0 heterocycles. The van der Waals surface area contributed by atoms with Crippen LogP contribution < -0.4 is 0 Å². The van der Waals surface area contributed by atoms with E-state index in [0.29, 0.717) is 18.4 Å². The molecule has 0 unspecified atom stereocenters. The second kappa shape index (κ2) is 12.6. The molecule has 2 fully saturated rings. The number of aliphatic hydroxyl groups is 3. The number of rotatable bonds is 13. The van der Waals surface area contributed by atoms with Crippen molar-refractivity contribution in [1.82, 2.24) is 0 Å². The third kappa shape index (κ3) is 5.21. The average molecular weight is 617 g/mol. The third-order valence-corrected chi connectivity index (χ3v) is 11.9. The topological polar surface area (TPSA) is 130 Å². The summed E-state index contributed by atoms with van der Waals surface area (Å²) in [6.07, 6.45) is 8.55. The van der Waals surface area contributed by atoms with Crippen molar-refractivity contribution in [1.29, 1.82) is 0 Å². The predicted molar refractivity (Wildman–Crippen MR) is 167 cm³/mol. The number of carbonyl (C=O) groups excluding carboxylic acids is 3. The van der Waals surface area contributed by atoms with Gasteiger partial charge in [0.05, 0.1) is 17.9 Å². The number of fused-ring (bicyclic) bond motifs is 3. The first kappa shape index (κ1) is 34.8. The molecule has 4 aliphatic carbocycles. The summed E-state index contributed by atoms with van der Waals surface area (Å²) in [7, 11) is 0. The summed E-state index contributed by atoms with van der Waals surface area (Å²) in [5.74, 6) is -3.39. The molecule has 44 heavy (non-hydrogen) atoms. The highest BCUT2D eigenvalue weighted by Crippen LogP contribution is 2.75. The number of ether oxygens (including phenoxy) is 2. The van der Waals surface area contributed by atoms with Crippen molar-refractivity contribution in [2.45, 2.75) is 137 Å². The molecular weight excluding hydrogens is 560 g/mol. The lowest BCUT2D eigenvalue weighted by atomic mass is 9.59. The van der Waals surface area contributed by atoms with Crippen molar-refractivity contribution >= 4 is 17.7 Å². The Morgan fingerprint density at radius 3 is 2.27 bits per heavy atom. The lowest BCUT2D eigenvalue weighted by Crippen LogP contribution is -2.66. The van der Waals surface area contributed by atoms with Gasteiger partial charge in [0.15, 0.2) is 17.5 Å². The Bertz CT molecular complexity index is 1180. The second-order valence-electron chi connectivity index (χ2n) is 15.2. The van der Waals surface area contributed by atoms with Crippen molar-refractivity contribution in [2.24, 2.45) is 40.4 Å². The second-order valence-corrected chi connectivity index (χ2v) is 15.2. The van der Waals surface area contributed by atoms with Crippen LogP contribution in [0.15, 0.2) is 23.3 Å². The van der Waals surface area contributed by atoms with Gasteiger partial charge in [0.1, 0.15) is 11.7 Å². The molecule has 9 atom stereocenters. The summed E-state index contributed by atoms with van der Waals surface area (Å²) in [6, 6.07) is 0. The molecule has 2 saturated carbocycles. The van der Waals surface area contributed by atoms with E-state index in [1.807, 2.05) is 34.6 Å². The standard InChI is InChI=1S/C36H56O8/c1-9-10-11-12-13-14-15-16-27(38)44-35-19-23(5)34-18-22(4)31(43-32(41)24(6)21(2)3)36(34,42)29(39)25(20-37)17-26(30(34)40)28(35)33(35,7)8/h17-18,21,23-24,26,28-29,31,37,39,42H,9-16,19-20H2,1-8H3/t23-,24+,26+,28-,29-,31+,34+,35+,36+/m1/s1. The number of esters is 2. The lowest BCUT2D eigenvalue weighted by Gasteiger charge is -2.49. The van der Waals surface area contributed by atoms with Crippen molar-refractivity contribution in [3.63, 3.8) is 0 Å². The summed E-state index contributed by atoms with van der Waals surface area (Å²) in [5.41, 5.74) is -4.77. The monoisotopic (exact) mass is 616 g/mol. The Morgan fingerprint density at radius 1 is 1.07 bits per heavy atom. The number of ketones is 1. The van der Waals surface area contributed by atoms with Crippen molar-refractivity contribution in [3.05, 3.63) is 23.3 Å². The van der Waals surface area contributed by atoms with Crippen LogP contribution in [0.4, 0.5) is 0 Å². The van der Waals surface area contributed by atoms with E-state index in [0.717, 1.165) is 19.3 Å². The molecule has 0 aromatic heterocycles. The van der Waals surface area contributed by atoms with E-state index in [2.05, 4.69) is 6.92 Å². The number of carbonyl (C=O) groups is 3. The molecule has 2 bridgehead atoms. The molecule has 0 radical (unpaired) electrons. The zero-order valence-corrected chi connectivity index (χ0v) is 28.2. The Balaban J connectivity index is 1.68. The van der Waals surface area contributed by atoms with Gasteiger partial charge in [-0.25, -0.2) is 0 Å². The molecule has 0 amide bonds. The zero-order valence-electron chi connectivity index (χ0n) is 28.2. The number of hydrogen-bond donors (Lipinski definition) is 3. The maximum absolute atomic E-state index is 14.8. The van der Waals surface area contributed by atoms with Gasteiger partial charge in [0.2, 0.25) is 0 Å². The van der Waals surface area contributed by atoms with Crippen LogP contribution in [0.2, 0.25) is 0 Å². The smallest absolute Gasteiger partial charge is 0.309 e. The van der Waals surface area contributed by atoms with Gasteiger partial charge >= 0.3 is 11.9 Å². The van der Waals surface area contributed by atoms with Crippen LogP contribution in [-0.4, -0.2) is 63.1 Å². The highest BCUT2D eigenvalue weighted by molar-refractivity contribution is 5.96. The molecule has 0 aromatic rings. The first-order valence-corrected chi connectivity index (χ1v) is 17.0. The molecule has 0 aromatic carbocycles. The first-order valence-electron chi connectivity index (χ1n) is 17.0. The number of unbranched alkanes of at least 4 members (excludes halogenated alkanes) is 6. The molecule has 248 valence electrons. The maximum Gasteiger partial charge on any atom is 0.309 e. The van der Waals surface area contributed by atoms with Gasteiger partial charge in [-0.05, 0) is 42.7 Å². The van der Waals surface area contributed by atoms with Gasteiger partial charge in [0, 0.05) is 23.7 Å². The fourth-order valence-electron chi connectivity index (χ4n) is 8.87. The van der Waals surface area contributed by atoms with E-state index in [-0.39, 0.29) is 23.2 Å². The molecule has 0 aliphatic heterocycles. The number of allylic oxidation sites excluding steroid dienone is 1. The van der Waals surface area contributed by atoms with E-state index < -0.39 is 70.5 Å². The van der Waals surface area contributed by atoms with Gasteiger partial charge in [-0.2, -0.15) is 0 Å². The normalized spacial score (nSPS) is 37.6. The summed E-state index contributed by atoms with van der Waals surface area (Å²) < 4.78 is 12.3. The number of hydrogen-bond acceptors (Lipinski definition) is 8. The van der Waals surface area contributed by atoms with Crippen LogP contribution in [0.3, 0.4) is 0 Å². The van der Waals surface area contributed by atoms with Gasteiger partial charge in [-0.3, -0.25) is 14.4 Å². The van der Waals surface area contributed by atoms with Crippen LogP contribution in [0.25, 0.3) is 0 Å². The highest BCUT2D eigenvalue weighted by atomic mass is 16.6. The molecule has 8 nitrogen and oxygen atoms in total. The molecule has 4 aliphatic rings. The van der Waals surface area contributed by atoms with Gasteiger partial charge in [-0.15, -0.1) is 0 Å². The Morgan fingerprint density at radius 2 is 1.68 bits per heavy atom. The fourth-order valence-corrected chi connectivity index (χ4v) is 8.87. The van der Waals surface area contributed by atoms with Gasteiger partial charge in [-0.1, -0.05) is 99.1 Å². The highest BCUT2D eigenvalue weighted by Gasteiger charge is 2.83.